The van der Waals surface area contributed by atoms with Gasteiger partial charge in [-0.15, -0.1) is 0 Å². The van der Waals surface area contributed by atoms with Crippen LogP contribution in [0.25, 0.3) is 10.9 Å². The molecule has 1 aliphatic rings. The van der Waals surface area contributed by atoms with Gasteiger partial charge >= 0.3 is 6.03 Å². The molecule has 30 heavy (non-hydrogen) atoms. The van der Waals surface area contributed by atoms with Crippen LogP contribution in [0.2, 0.25) is 0 Å². The van der Waals surface area contributed by atoms with E-state index in [1.54, 1.807) is 30.3 Å². The van der Waals surface area contributed by atoms with E-state index in [4.69, 9.17) is 4.74 Å². The minimum atomic E-state index is -0.834. The van der Waals surface area contributed by atoms with E-state index in [1.165, 1.54) is 25.4 Å². The van der Waals surface area contributed by atoms with E-state index in [2.05, 4.69) is 15.6 Å². The van der Waals surface area contributed by atoms with Crippen LogP contribution in [0.5, 0.6) is 11.5 Å². The summed E-state index contributed by atoms with van der Waals surface area (Å²) in [5, 5.41) is 28.5. The molecule has 1 saturated carbocycles. The van der Waals surface area contributed by atoms with Crippen LogP contribution in [-0.4, -0.2) is 34.2 Å². The first kappa shape index (κ1) is 19.4. The van der Waals surface area contributed by atoms with Crippen LogP contribution in [0.15, 0.2) is 48.7 Å². The second kappa shape index (κ2) is 7.86. The Morgan fingerprint density at radius 3 is 2.67 bits per heavy atom. The number of nitrogens with one attached hydrogen (secondary N) is 2. The number of urea groups is 1. The number of non-ortho nitro benzene ring substituents is 1. The number of nitrogens with zero attached hydrogens (tertiary/aromatic N) is 2. The van der Waals surface area contributed by atoms with Crippen molar-refractivity contribution in [2.45, 2.75) is 24.9 Å². The van der Waals surface area contributed by atoms with Crippen molar-refractivity contribution in [2.24, 2.45) is 0 Å². The number of benzene rings is 2. The summed E-state index contributed by atoms with van der Waals surface area (Å²) >= 11 is 0. The number of aromatic nitrogens is 1. The highest BCUT2D eigenvalue weighted by atomic mass is 16.6. The monoisotopic (exact) mass is 408 g/mol. The molecule has 1 aromatic heterocycles. The lowest BCUT2D eigenvalue weighted by molar-refractivity contribution is -0.383. The highest BCUT2D eigenvalue weighted by Gasteiger charge is 2.29. The third-order valence-corrected chi connectivity index (χ3v) is 5.02. The molecule has 1 aliphatic carbocycles. The average molecular weight is 408 g/mol. The highest BCUT2D eigenvalue weighted by molar-refractivity contribution is 5.93. The second-order valence-corrected chi connectivity index (χ2v) is 7.09. The van der Waals surface area contributed by atoms with Gasteiger partial charge in [0.05, 0.1) is 23.5 Å². The number of ether oxygens (including phenoxy) is 1. The van der Waals surface area contributed by atoms with Crippen molar-refractivity contribution in [1.82, 2.24) is 15.6 Å². The Morgan fingerprint density at radius 1 is 1.30 bits per heavy atom. The Balaban J connectivity index is 1.84. The summed E-state index contributed by atoms with van der Waals surface area (Å²) < 4.78 is 5.18. The number of fused-ring (bicyclic) bond motifs is 1. The predicted molar refractivity (Wildman–Crippen MR) is 110 cm³/mol. The molecular weight excluding hydrogens is 388 g/mol. The van der Waals surface area contributed by atoms with Crippen LogP contribution in [0, 0.1) is 10.1 Å². The van der Waals surface area contributed by atoms with E-state index in [0.29, 0.717) is 11.3 Å². The molecule has 154 valence electrons. The molecule has 2 amide bonds. The van der Waals surface area contributed by atoms with Gasteiger partial charge in [0.1, 0.15) is 17.0 Å². The number of amides is 2. The van der Waals surface area contributed by atoms with Crippen molar-refractivity contribution >= 4 is 22.6 Å². The maximum atomic E-state index is 12.5. The van der Waals surface area contributed by atoms with Gasteiger partial charge in [0, 0.05) is 23.9 Å². The molecule has 0 radical (unpaired) electrons. The van der Waals surface area contributed by atoms with Gasteiger partial charge in [-0.1, -0.05) is 12.1 Å². The number of methoxy groups -OCH3 is 1. The molecule has 1 heterocycles. The summed E-state index contributed by atoms with van der Waals surface area (Å²) in [6.07, 6.45) is 3.28. The lowest BCUT2D eigenvalue weighted by Gasteiger charge is -2.22. The molecule has 0 aliphatic heterocycles. The maximum Gasteiger partial charge on any atom is 0.315 e. The molecule has 9 nitrogen and oxygen atoms in total. The minimum Gasteiger partial charge on any atom is -0.505 e. The molecular formula is C21H20N4O5. The predicted octanol–water partition coefficient (Wildman–Crippen LogP) is 3.41. The zero-order chi connectivity index (χ0) is 21.3. The zero-order valence-electron chi connectivity index (χ0n) is 16.2. The Labute approximate surface area is 171 Å². The average Bonchev–Trinajstić information content (AvgIpc) is 3.56. The molecule has 1 fully saturated rings. The van der Waals surface area contributed by atoms with Gasteiger partial charge in [0.25, 0.3) is 5.69 Å². The molecule has 4 rings (SSSR count). The number of carbonyl (C=O) groups excluding carboxylic acids is 1. The fraction of sp³-hybridized carbons (Fsp3) is 0.238. The van der Waals surface area contributed by atoms with E-state index >= 15 is 0 Å². The first-order valence-electron chi connectivity index (χ1n) is 9.44. The first-order valence-corrected chi connectivity index (χ1v) is 9.44. The molecule has 0 bridgehead atoms. The number of carbonyl (C=O) groups is 1. The van der Waals surface area contributed by atoms with Crippen LogP contribution < -0.4 is 15.4 Å². The number of phenols is 1. The molecule has 0 saturated heterocycles. The molecule has 1 atom stereocenters. The third kappa shape index (κ3) is 3.82. The molecule has 0 spiro atoms. The topological polar surface area (TPSA) is 127 Å². The fourth-order valence-electron chi connectivity index (χ4n) is 3.32. The molecule has 3 aromatic rings. The summed E-state index contributed by atoms with van der Waals surface area (Å²) in [5.41, 5.74) is 0.712. The van der Waals surface area contributed by atoms with E-state index in [-0.39, 0.29) is 33.9 Å². The van der Waals surface area contributed by atoms with E-state index in [1.807, 2.05) is 0 Å². The summed E-state index contributed by atoms with van der Waals surface area (Å²) in [4.78, 5) is 27.8. The van der Waals surface area contributed by atoms with Gasteiger partial charge in [-0.3, -0.25) is 15.1 Å². The van der Waals surface area contributed by atoms with Crippen LogP contribution in [0.4, 0.5) is 10.5 Å². The number of hydrogen-bond acceptors (Lipinski definition) is 6. The highest BCUT2D eigenvalue weighted by Crippen LogP contribution is 2.39. The number of nitro benzene ring substituents is 1. The van der Waals surface area contributed by atoms with Gasteiger partial charge in [0.2, 0.25) is 0 Å². The van der Waals surface area contributed by atoms with Gasteiger partial charge in [-0.05, 0) is 42.7 Å². The van der Waals surface area contributed by atoms with Crippen molar-refractivity contribution in [3.8, 4) is 11.5 Å². The maximum absolute atomic E-state index is 12.5. The number of rotatable bonds is 6. The van der Waals surface area contributed by atoms with Crippen LogP contribution in [-0.2, 0) is 0 Å². The summed E-state index contributed by atoms with van der Waals surface area (Å²) in [6, 6.07) is 10.1. The Bertz CT molecular complexity index is 1110. The fourth-order valence-corrected chi connectivity index (χ4v) is 3.32. The third-order valence-electron chi connectivity index (χ3n) is 5.02. The van der Waals surface area contributed by atoms with Gasteiger partial charge in [-0.2, -0.15) is 0 Å². The largest absolute Gasteiger partial charge is 0.505 e. The smallest absolute Gasteiger partial charge is 0.315 e. The molecule has 1 unspecified atom stereocenters. The second-order valence-electron chi connectivity index (χ2n) is 7.09. The Hall–Kier alpha value is -3.88. The van der Waals surface area contributed by atoms with E-state index in [0.717, 1.165) is 12.8 Å². The van der Waals surface area contributed by atoms with Crippen LogP contribution >= 0.6 is 0 Å². The van der Waals surface area contributed by atoms with Crippen LogP contribution in [0.1, 0.15) is 30.0 Å². The lowest BCUT2D eigenvalue weighted by atomic mass is 9.95. The van der Waals surface area contributed by atoms with Crippen molar-refractivity contribution in [3.05, 3.63) is 69.9 Å². The minimum absolute atomic E-state index is 0.101. The van der Waals surface area contributed by atoms with E-state index in [9.17, 15) is 20.0 Å². The van der Waals surface area contributed by atoms with Gasteiger partial charge < -0.3 is 20.5 Å². The van der Waals surface area contributed by atoms with Crippen molar-refractivity contribution in [3.63, 3.8) is 0 Å². The SMILES string of the molecule is COc1ccc(C(NC(=O)NC2CC2)c2cc([N+](=O)[O-])c3cccnc3c2O)cc1. The number of pyridine rings is 1. The van der Waals surface area contributed by atoms with E-state index < -0.39 is 17.0 Å². The number of hydrogen-bond donors (Lipinski definition) is 3. The number of phenolic OH excluding ortho intramolecular Hbond substituents is 1. The number of nitro groups is 1. The summed E-state index contributed by atoms with van der Waals surface area (Å²) in [7, 11) is 1.54. The molecule has 3 N–H and O–H groups in total. The van der Waals surface area contributed by atoms with Crippen molar-refractivity contribution in [2.75, 3.05) is 7.11 Å². The zero-order valence-corrected chi connectivity index (χ0v) is 16.2. The molecule has 9 heteroatoms. The summed E-state index contributed by atoms with van der Waals surface area (Å²) in [6.45, 7) is 0. The normalized spacial score (nSPS) is 14.2. The Kier molecular flexibility index (Phi) is 5.09. The van der Waals surface area contributed by atoms with Crippen LogP contribution in [0.3, 0.4) is 0 Å². The quantitative estimate of drug-likeness (QED) is 0.424. The van der Waals surface area contributed by atoms with Crippen molar-refractivity contribution in [1.29, 1.82) is 0 Å². The molecule has 2 aromatic carbocycles. The van der Waals surface area contributed by atoms with Gasteiger partial charge in [-0.25, -0.2) is 4.79 Å². The first-order chi connectivity index (χ1) is 14.5. The van der Waals surface area contributed by atoms with Crippen molar-refractivity contribution < 1.29 is 19.6 Å². The Morgan fingerprint density at radius 2 is 2.03 bits per heavy atom. The lowest BCUT2D eigenvalue weighted by Crippen LogP contribution is -2.39. The van der Waals surface area contributed by atoms with Gasteiger partial charge in [0.15, 0.2) is 0 Å². The summed E-state index contributed by atoms with van der Waals surface area (Å²) in [5.74, 6) is 0.402. The number of aromatic hydroxyl groups is 1. The standard InChI is InChI=1S/C21H20N4O5/c1-30-14-8-4-12(5-9-14)18(24-21(27)23-13-6-7-13)16-11-17(25(28)29)15-3-2-10-22-19(15)20(16)26/h2-5,8-11,13,18,26H,6-7H2,1H3,(H2,23,24,27).